The standard InChI is InChI=1S/C24H31N3O6S2/c1-18-8-9-19(16-23(18)35(32,33)27-14-6-3-7-15-27)24(29)25-21-17-20(10-11-22(21)28)34(30,31)26-12-4-2-5-13-26/h8-11,16-17,28H,2-7,12-15H2,1H3,(H,25,29). The summed E-state index contributed by atoms with van der Waals surface area (Å²) in [5.74, 6) is -0.938. The number of amides is 1. The van der Waals surface area contributed by atoms with Gasteiger partial charge < -0.3 is 10.4 Å². The zero-order valence-corrected chi connectivity index (χ0v) is 21.4. The van der Waals surface area contributed by atoms with Crippen LogP contribution in [0.1, 0.15) is 54.4 Å². The van der Waals surface area contributed by atoms with Crippen LogP contribution in [0.3, 0.4) is 0 Å². The zero-order chi connectivity index (χ0) is 25.2. The van der Waals surface area contributed by atoms with Crippen LogP contribution in [0.25, 0.3) is 0 Å². The van der Waals surface area contributed by atoms with Crippen LogP contribution in [0.4, 0.5) is 5.69 Å². The van der Waals surface area contributed by atoms with Crippen molar-refractivity contribution in [1.82, 2.24) is 8.61 Å². The van der Waals surface area contributed by atoms with Crippen molar-refractivity contribution in [3.63, 3.8) is 0 Å². The first-order valence-corrected chi connectivity index (χ1v) is 14.7. The molecule has 0 bridgehead atoms. The summed E-state index contributed by atoms with van der Waals surface area (Å²) in [5, 5.41) is 12.8. The number of hydrogen-bond acceptors (Lipinski definition) is 6. The van der Waals surface area contributed by atoms with E-state index in [2.05, 4.69) is 5.32 Å². The number of sulfonamides is 2. The molecule has 0 spiro atoms. The van der Waals surface area contributed by atoms with Crippen molar-refractivity contribution >= 4 is 31.6 Å². The summed E-state index contributed by atoms with van der Waals surface area (Å²) in [6.45, 7) is 3.44. The molecule has 1 amide bonds. The molecular weight excluding hydrogens is 490 g/mol. The van der Waals surface area contributed by atoms with E-state index in [1.807, 2.05) is 0 Å². The van der Waals surface area contributed by atoms with Crippen LogP contribution in [0, 0.1) is 6.92 Å². The van der Waals surface area contributed by atoms with E-state index in [0.717, 1.165) is 38.5 Å². The number of rotatable bonds is 6. The lowest BCUT2D eigenvalue weighted by molar-refractivity contribution is 0.102. The molecule has 0 atom stereocenters. The van der Waals surface area contributed by atoms with Gasteiger partial charge in [-0.3, -0.25) is 4.79 Å². The number of carbonyl (C=O) groups excluding carboxylic acids is 1. The van der Waals surface area contributed by atoms with Gasteiger partial charge in [-0.2, -0.15) is 8.61 Å². The molecule has 0 aromatic heterocycles. The summed E-state index contributed by atoms with van der Waals surface area (Å²) in [7, 11) is -7.51. The molecule has 9 nitrogen and oxygen atoms in total. The van der Waals surface area contributed by atoms with Gasteiger partial charge in [-0.15, -0.1) is 0 Å². The van der Waals surface area contributed by atoms with E-state index in [9.17, 15) is 26.7 Å². The molecule has 4 rings (SSSR count). The fraction of sp³-hybridized carbons (Fsp3) is 0.458. The van der Waals surface area contributed by atoms with E-state index in [1.165, 1.54) is 38.9 Å². The number of aromatic hydroxyl groups is 1. The van der Waals surface area contributed by atoms with Gasteiger partial charge in [0.1, 0.15) is 5.75 Å². The summed E-state index contributed by atoms with van der Waals surface area (Å²) < 4.78 is 55.2. The van der Waals surface area contributed by atoms with Crippen LogP contribution in [-0.2, 0) is 20.0 Å². The van der Waals surface area contributed by atoms with E-state index >= 15 is 0 Å². The van der Waals surface area contributed by atoms with E-state index in [4.69, 9.17) is 0 Å². The number of aryl methyl sites for hydroxylation is 1. The molecule has 2 heterocycles. The Labute approximate surface area is 206 Å². The second kappa shape index (κ2) is 10.3. The van der Waals surface area contributed by atoms with Crippen LogP contribution in [0.15, 0.2) is 46.2 Å². The number of anilines is 1. The highest BCUT2D eigenvalue weighted by atomic mass is 32.2. The van der Waals surface area contributed by atoms with Gasteiger partial charge >= 0.3 is 0 Å². The minimum atomic E-state index is -3.76. The molecule has 190 valence electrons. The topological polar surface area (TPSA) is 124 Å². The molecule has 2 aliphatic rings. The van der Waals surface area contributed by atoms with Crippen molar-refractivity contribution in [3.05, 3.63) is 47.5 Å². The SMILES string of the molecule is Cc1ccc(C(=O)Nc2cc(S(=O)(=O)N3CCCCC3)ccc2O)cc1S(=O)(=O)N1CCCCC1. The molecule has 0 aliphatic carbocycles. The van der Waals surface area contributed by atoms with Crippen molar-refractivity contribution in [2.45, 2.75) is 55.2 Å². The van der Waals surface area contributed by atoms with E-state index in [1.54, 1.807) is 13.0 Å². The lowest BCUT2D eigenvalue weighted by atomic mass is 10.1. The first-order valence-electron chi connectivity index (χ1n) is 11.9. The van der Waals surface area contributed by atoms with Gasteiger partial charge in [0.2, 0.25) is 20.0 Å². The fourth-order valence-electron chi connectivity index (χ4n) is 4.49. The third kappa shape index (κ3) is 5.37. The van der Waals surface area contributed by atoms with E-state index in [-0.39, 0.29) is 26.8 Å². The Morgan fingerprint density at radius 2 is 1.37 bits per heavy atom. The molecule has 2 aliphatic heterocycles. The number of piperidine rings is 2. The highest BCUT2D eigenvalue weighted by Gasteiger charge is 2.29. The van der Waals surface area contributed by atoms with Crippen LogP contribution in [0.5, 0.6) is 5.75 Å². The Kier molecular flexibility index (Phi) is 7.51. The first kappa shape index (κ1) is 25.6. The van der Waals surface area contributed by atoms with Gasteiger partial charge in [0.05, 0.1) is 15.5 Å². The lowest BCUT2D eigenvalue weighted by Crippen LogP contribution is -2.36. The van der Waals surface area contributed by atoms with Crippen molar-refractivity contribution in [2.24, 2.45) is 0 Å². The first-order chi connectivity index (χ1) is 16.6. The molecule has 2 fully saturated rings. The van der Waals surface area contributed by atoms with Gasteiger partial charge in [-0.05, 0) is 68.5 Å². The molecular formula is C24H31N3O6S2. The number of nitrogens with one attached hydrogen (secondary N) is 1. The molecule has 2 N–H and O–H groups in total. The van der Waals surface area contributed by atoms with Crippen molar-refractivity contribution in [1.29, 1.82) is 0 Å². The summed E-state index contributed by atoms with van der Waals surface area (Å²) in [4.78, 5) is 13.0. The number of benzene rings is 2. The predicted molar refractivity (Wildman–Crippen MR) is 132 cm³/mol. The van der Waals surface area contributed by atoms with Crippen molar-refractivity contribution in [3.8, 4) is 5.75 Å². The maximum Gasteiger partial charge on any atom is 0.255 e. The molecule has 0 radical (unpaired) electrons. The Hall–Kier alpha value is -2.47. The monoisotopic (exact) mass is 521 g/mol. The minimum Gasteiger partial charge on any atom is -0.506 e. The number of hydrogen-bond donors (Lipinski definition) is 2. The predicted octanol–water partition coefficient (Wildman–Crippen LogP) is 3.30. The normalized spacial score (nSPS) is 18.3. The van der Waals surface area contributed by atoms with Crippen LogP contribution < -0.4 is 5.32 Å². The lowest BCUT2D eigenvalue weighted by Gasteiger charge is -2.26. The Balaban J connectivity index is 1.59. The fourth-order valence-corrected chi connectivity index (χ4v) is 7.80. The Morgan fingerprint density at radius 3 is 1.97 bits per heavy atom. The number of carbonyl (C=O) groups is 1. The summed E-state index contributed by atoms with van der Waals surface area (Å²) >= 11 is 0. The third-order valence-electron chi connectivity index (χ3n) is 6.55. The zero-order valence-electron chi connectivity index (χ0n) is 19.7. The van der Waals surface area contributed by atoms with Crippen LogP contribution >= 0.6 is 0 Å². The summed E-state index contributed by atoms with van der Waals surface area (Å²) in [6, 6.07) is 8.18. The number of nitrogens with zero attached hydrogens (tertiary/aromatic N) is 2. The maximum absolute atomic E-state index is 13.2. The average Bonchev–Trinajstić information content (AvgIpc) is 2.86. The quantitative estimate of drug-likeness (QED) is 0.562. The second-order valence-electron chi connectivity index (χ2n) is 9.04. The minimum absolute atomic E-state index is 0.0234. The molecule has 2 aromatic rings. The average molecular weight is 522 g/mol. The number of phenolic OH excluding ortho intramolecular Hbond substituents is 1. The highest BCUT2D eigenvalue weighted by Crippen LogP contribution is 2.30. The van der Waals surface area contributed by atoms with Crippen molar-refractivity contribution in [2.75, 3.05) is 31.5 Å². The summed E-state index contributed by atoms with van der Waals surface area (Å²) in [6.07, 6.45) is 5.15. The largest absolute Gasteiger partial charge is 0.506 e. The molecule has 35 heavy (non-hydrogen) atoms. The molecule has 2 aromatic carbocycles. The second-order valence-corrected chi connectivity index (χ2v) is 12.9. The molecule has 11 heteroatoms. The van der Waals surface area contributed by atoms with Crippen LogP contribution in [-0.4, -0.2) is 62.6 Å². The van der Waals surface area contributed by atoms with Gasteiger partial charge in [-0.1, -0.05) is 18.9 Å². The molecule has 0 unspecified atom stereocenters. The van der Waals surface area contributed by atoms with Gasteiger partial charge in [0.25, 0.3) is 5.91 Å². The summed E-state index contributed by atoms with van der Waals surface area (Å²) in [5.41, 5.74) is 0.563. The third-order valence-corrected chi connectivity index (χ3v) is 10.5. The smallest absolute Gasteiger partial charge is 0.255 e. The molecule has 0 saturated carbocycles. The Bertz CT molecular complexity index is 1310. The van der Waals surface area contributed by atoms with E-state index < -0.39 is 26.0 Å². The van der Waals surface area contributed by atoms with Crippen LogP contribution in [0.2, 0.25) is 0 Å². The molecule has 2 saturated heterocycles. The van der Waals surface area contributed by atoms with Gasteiger partial charge in [-0.25, -0.2) is 16.8 Å². The maximum atomic E-state index is 13.2. The van der Waals surface area contributed by atoms with E-state index in [0.29, 0.717) is 31.7 Å². The Morgan fingerprint density at radius 1 is 0.800 bits per heavy atom. The van der Waals surface area contributed by atoms with Gasteiger partial charge in [0.15, 0.2) is 0 Å². The van der Waals surface area contributed by atoms with Gasteiger partial charge in [0, 0.05) is 31.7 Å². The number of phenols is 1. The van der Waals surface area contributed by atoms with Crippen molar-refractivity contribution < 1.29 is 26.7 Å². The highest BCUT2D eigenvalue weighted by molar-refractivity contribution is 7.89.